The number of anilines is 2. The molecule has 0 unspecified atom stereocenters. The van der Waals surface area contributed by atoms with Gasteiger partial charge in [0.1, 0.15) is 0 Å². The van der Waals surface area contributed by atoms with E-state index < -0.39 is 11.7 Å². The van der Waals surface area contributed by atoms with Crippen LogP contribution in [0.5, 0.6) is 0 Å². The minimum absolute atomic E-state index is 0.472. The maximum Gasteiger partial charge on any atom is 0.416 e. The lowest BCUT2D eigenvalue weighted by molar-refractivity contribution is -0.137. The molecule has 3 aromatic rings. The van der Waals surface area contributed by atoms with E-state index in [2.05, 4.69) is 5.32 Å². The standard InChI is InChI=1S/C19H18F3N3S/c20-19(21,22)14-3-1-12(2-4-14)8-25-9-13-10-26-11-17(13)16-7-15(23)5-6-18(16)24/h1-7,10-11,25H,8-9,23-24H2. The smallest absolute Gasteiger partial charge is 0.399 e. The molecular weight excluding hydrogens is 359 g/mol. The zero-order valence-electron chi connectivity index (χ0n) is 13.8. The first-order valence-electron chi connectivity index (χ1n) is 7.92. The second-order valence-electron chi connectivity index (χ2n) is 5.96. The summed E-state index contributed by atoms with van der Waals surface area (Å²) in [7, 11) is 0. The van der Waals surface area contributed by atoms with Gasteiger partial charge in [-0.1, -0.05) is 12.1 Å². The molecule has 0 aliphatic rings. The maximum atomic E-state index is 12.6. The lowest BCUT2D eigenvalue weighted by Gasteiger charge is -2.10. The molecule has 1 heterocycles. The Balaban J connectivity index is 1.66. The number of rotatable bonds is 5. The van der Waals surface area contributed by atoms with Gasteiger partial charge in [-0.25, -0.2) is 0 Å². The molecule has 5 N–H and O–H groups in total. The molecule has 2 aromatic carbocycles. The highest BCUT2D eigenvalue weighted by atomic mass is 32.1. The molecule has 136 valence electrons. The summed E-state index contributed by atoms with van der Waals surface area (Å²) < 4.78 is 37.8. The van der Waals surface area contributed by atoms with Gasteiger partial charge in [-0.2, -0.15) is 24.5 Å². The van der Waals surface area contributed by atoms with Gasteiger partial charge in [0.15, 0.2) is 0 Å². The molecule has 3 rings (SSSR count). The van der Waals surface area contributed by atoms with Crippen molar-refractivity contribution in [2.24, 2.45) is 0 Å². The SMILES string of the molecule is Nc1ccc(N)c(-c2cscc2CNCc2ccc(C(F)(F)F)cc2)c1. The fourth-order valence-corrected chi connectivity index (χ4v) is 3.51. The minimum atomic E-state index is -4.31. The molecule has 0 aliphatic carbocycles. The van der Waals surface area contributed by atoms with Crippen LogP contribution in [0.3, 0.4) is 0 Å². The van der Waals surface area contributed by atoms with Crippen molar-refractivity contribution >= 4 is 22.7 Å². The predicted octanol–water partition coefficient (Wildman–Crippen LogP) is 4.89. The van der Waals surface area contributed by atoms with Gasteiger partial charge >= 0.3 is 6.18 Å². The van der Waals surface area contributed by atoms with Gasteiger partial charge in [0.05, 0.1) is 5.56 Å². The molecule has 26 heavy (non-hydrogen) atoms. The van der Waals surface area contributed by atoms with Crippen LogP contribution in [0.2, 0.25) is 0 Å². The van der Waals surface area contributed by atoms with Crippen LogP contribution in [0, 0.1) is 0 Å². The first kappa shape index (κ1) is 18.3. The zero-order chi connectivity index (χ0) is 18.7. The van der Waals surface area contributed by atoms with E-state index in [1.807, 2.05) is 16.8 Å². The molecular formula is C19H18F3N3S. The molecule has 0 saturated heterocycles. The molecule has 0 spiro atoms. The van der Waals surface area contributed by atoms with E-state index in [-0.39, 0.29) is 0 Å². The Hall–Kier alpha value is -2.51. The first-order valence-corrected chi connectivity index (χ1v) is 8.86. The number of benzene rings is 2. The Kier molecular flexibility index (Phi) is 5.20. The second kappa shape index (κ2) is 7.39. The molecule has 0 amide bonds. The van der Waals surface area contributed by atoms with Gasteiger partial charge in [-0.05, 0) is 57.8 Å². The Labute approximate surface area is 153 Å². The predicted molar refractivity (Wildman–Crippen MR) is 101 cm³/mol. The van der Waals surface area contributed by atoms with Crippen molar-refractivity contribution in [3.8, 4) is 11.1 Å². The fourth-order valence-electron chi connectivity index (χ4n) is 2.66. The van der Waals surface area contributed by atoms with Gasteiger partial charge in [0.2, 0.25) is 0 Å². The Morgan fingerprint density at radius 3 is 2.31 bits per heavy atom. The van der Waals surface area contributed by atoms with E-state index in [4.69, 9.17) is 11.5 Å². The summed E-state index contributed by atoms with van der Waals surface area (Å²) in [6.45, 7) is 1.05. The fraction of sp³-hybridized carbons (Fsp3) is 0.158. The zero-order valence-corrected chi connectivity index (χ0v) is 14.6. The van der Waals surface area contributed by atoms with Crippen molar-refractivity contribution in [1.29, 1.82) is 0 Å². The minimum Gasteiger partial charge on any atom is -0.399 e. The molecule has 0 atom stereocenters. The molecule has 0 saturated carbocycles. The summed E-state index contributed by atoms with van der Waals surface area (Å²) in [6.07, 6.45) is -4.31. The van der Waals surface area contributed by atoms with Crippen LogP contribution in [0.4, 0.5) is 24.5 Å². The van der Waals surface area contributed by atoms with Crippen LogP contribution in [-0.4, -0.2) is 0 Å². The van der Waals surface area contributed by atoms with Crippen molar-refractivity contribution in [3.05, 3.63) is 69.9 Å². The third-order valence-electron chi connectivity index (χ3n) is 4.04. The molecule has 0 aliphatic heterocycles. The topological polar surface area (TPSA) is 64.1 Å². The highest BCUT2D eigenvalue weighted by molar-refractivity contribution is 7.08. The number of hydrogen-bond donors (Lipinski definition) is 3. The highest BCUT2D eigenvalue weighted by Crippen LogP contribution is 2.33. The largest absolute Gasteiger partial charge is 0.416 e. The summed E-state index contributed by atoms with van der Waals surface area (Å²) in [4.78, 5) is 0. The van der Waals surface area contributed by atoms with Crippen molar-refractivity contribution in [2.75, 3.05) is 11.5 Å². The summed E-state index contributed by atoms with van der Waals surface area (Å²) in [5.41, 5.74) is 16.3. The van der Waals surface area contributed by atoms with E-state index in [1.54, 1.807) is 23.5 Å². The average molecular weight is 377 g/mol. The first-order chi connectivity index (χ1) is 12.3. The Bertz CT molecular complexity index is 886. The van der Waals surface area contributed by atoms with Gasteiger partial charge in [0.25, 0.3) is 0 Å². The summed E-state index contributed by atoms with van der Waals surface area (Å²) >= 11 is 1.57. The molecule has 0 radical (unpaired) electrons. The van der Waals surface area contributed by atoms with E-state index in [9.17, 15) is 13.2 Å². The number of nitrogens with one attached hydrogen (secondary N) is 1. The van der Waals surface area contributed by atoms with E-state index >= 15 is 0 Å². The Morgan fingerprint density at radius 2 is 1.62 bits per heavy atom. The van der Waals surface area contributed by atoms with Crippen LogP contribution < -0.4 is 16.8 Å². The molecule has 7 heteroatoms. The van der Waals surface area contributed by atoms with Crippen LogP contribution in [0.25, 0.3) is 11.1 Å². The molecule has 0 bridgehead atoms. The number of hydrogen-bond acceptors (Lipinski definition) is 4. The van der Waals surface area contributed by atoms with Crippen molar-refractivity contribution in [1.82, 2.24) is 5.32 Å². The van der Waals surface area contributed by atoms with Crippen molar-refractivity contribution in [2.45, 2.75) is 19.3 Å². The van der Waals surface area contributed by atoms with Gasteiger partial charge in [-0.15, -0.1) is 0 Å². The van der Waals surface area contributed by atoms with Crippen LogP contribution in [-0.2, 0) is 19.3 Å². The average Bonchev–Trinajstić information content (AvgIpc) is 3.05. The molecule has 3 nitrogen and oxygen atoms in total. The van der Waals surface area contributed by atoms with Gasteiger partial charge < -0.3 is 16.8 Å². The summed E-state index contributed by atoms with van der Waals surface area (Å²) in [5, 5.41) is 7.30. The number of thiophene rings is 1. The van der Waals surface area contributed by atoms with Crippen molar-refractivity contribution < 1.29 is 13.2 Å². The third-order valence-corrected chi connectivity index (χ3v) is 4.83. The quantitative estimate of drug-likeness (QED) is 0.555. The lowest BCUT2D eigenvalue weighted by atomic mass is 10.0. The van der Waals surface area contributed by atoms with E-state index in [1.165, 1.54) is 12.1 Å². The number of alkyl halides is 3. The van der Waals surface area contributed by atoms with Crippen LogP contribution >= 0.6 is 11.3 Å². The van der Waals surface area contributed by atoms with Gasteiger partial charge in [-0.3, -0.25) is 0 Å². The lowest BCUT2D eigenvalue weighted by Crippen LogP contribution is -2.13. The van der Waals surface area contributed by atoms with Crippen molar-refractivity contribution in [3.63, 3.8) is 0 Å². The van der Waals surface area contributed by atoms with Crippen LogP contribution in [0.15, 0.2) is 53.2 Å². The third kappa shape index (κ3) is 4.17. The monoisotopic (exact) mass is 377 g/mol. The summed E-state index contributed by atoms with van der Waals surface area (Å²) in [6, 6.07) is 10.5. The van der Waals surface area contributed by atoms with Crippen LogP contribution in [0.1, 0.15) is 16.7 Å². The second-order valence-corrected chi connectivity index (χ2v) is 6.70. The van der Waals surface area contributed by atoms with E-state index in [0.717, 1.165) is 34.4 Å². The summed E-state index contributed by atoms with van der Waals surface area (Å²) in [5.74, 6) is 0. The van der Waals surface area contributed by atoms with Gasteiger partial charge in [0, 0.05) is 30.0 Å². The maximum absolute atomic E-state index is 12.6. The molecule has 1 aromatic heterocycles. The highest BCUT2D eigenvalue weighted by Gasteiger charge is 2.29. The number of nitrogens with two attached hydrogens (primary N) is 2. The number of halogens is 3. The Morgan fingerprint density at radius 1 is 0.885 bits per heavy atom. The number of nitrogen functional groups attached to an aromatic ring is 2. The molecule has 0 fully saturated rings. The van der Waals surface area contributed by atoms with E-state index in [0.29, 0.717) is 24.5 Å². The normalized spacial score (nSPS) is 11.7.